The molecule has 0 aromatic heterocycles. The van der Waals surface area contributed by atoms with Gasteiger partial charge in [-0.3, -0.25) is 14.4 Å². The van der Waals surface area contributed by atoms with E-state index in [0.717, 1.165) is 11.1 Å². The number of esters is 2. The highest BCUT2D eigenvalue weighted by Gasteiger charge is 2.58. The third kappa shape index (κ3) is 4.65. The first-order chi connectivity index (χ1) is 14.8. The number of carbonyl (C=O) groups is 3. The second kappa shape index (κ2) is 9.62. The van der Waals surface area contributed by atoms with Crippen LogP contribution in [0.2, 0.25) is 5.02 Å². The summed E-state index contributed by atoms with van der Waals surface area (Å²) in [6, 6.07) is 14.1. The Bertz CT molecular complexity index is 935. The van der Waals surface area contributed by atoms with Gasteiger partial charge in [-0.2, -0.15) is 0 Å². The molecular weight excluding hydrogens is 420 g/mol. The number of halogens is 1. The Balaban J connectivity index is 1.95. The van der Waals surface area contributed by atoms with Crippen molar-refractivity contribution in [3.05, 3.63) is 70.2 Å². The molecule has 0 radical (unpaired) electrons. The highest BCUT2D eigenvalue weighted by atomic mass is 35.5. The SMILES string of the molecule is COC(=O)C1(C(=O)OC)C[C@@H](c2ccc(C)cc2)OC[C@@H]1CC(=O)c1ccc(Cl)cc1. The van der Waals surface area contributed by atoms with Crippen molar-refractivity contribution in [2.24, 2.45) is 11.3 Å². The average molecular weight is 445 g/mol. The lowest BCUT2D eigenvalue weighted by Gasteiger charge is -2.42. The minimum atomic E-state index is -1.65. The summed E-state index contributed by atoms with van der Waals surface area (Å²) in [5, 5.41) is 0.511. The van der Waals surface area contributed by atoms with Crippen molar-refractivity contribution in [3.8, 4) is 0 Å². The number of benzene rings is 2. The molecule has 0 saturated carbocycles. The number of hydrogen-bond acceptors (Lipinski definition) is 6. The van der Waals surface area contributed by atoms with E-state index in [1.54, 1.807) is 24.3 Å². The number of methoxy groups -OCH3 is 2. The predicted molar refractivity (Wildman–Crippen MR) is 115 cm³/mol. The van der Waals surface area contributed by atoms with E-state index in [-0.39, 0.29) is 25.2 Å². The first kappa shape index (κ1) is 23.0. The van der Waals surface area contributed by atoms with Crippen LogP contribution in [-0.2, 0) is 23.8 Å². The van der Waals surface area contributed by atoms with Crippen molar-refractivity contribution in [1.29, 1.82) is 0 Å². The van der Waals surface area contributed by atoms with Crippen LogP contribution in [0.15, 0.2) is 48.5 Å². The van der Waals surface area contributed by atoms with Gasteiger partial charge in [-0.05, 0) is 36.8 Å². The van der Waals surface area contributed by atoms with E-state index in [9.17, 15) is 14.4 Å². The maximum absolute atomic E-state index is 13.0. The van der Waals surface area contributed by atoms with Crippen LogP contribution in [0.3, 0.4) is 0 Å². The first-order valence-corrected chi connectivity index (χ1v) is 10.3. The molecule has 2 aromatic carbocycles. The molecule has 2 atom stereocenters. The van der Waals surface area contributed by atoms with Gasteiger partial charge in [-0.25, -0.2) is 0 Å². The Morgan fingerprint density at radius 3 is 2.13 bits per heavy atom. The number of ketones is 1. The first-order valence-electron chi connectivity index (χ1n) is 9.95. The van der Waals surface area contributed by atoms with Gasteiger partial charge in [0.1, 0.15) is 0 Å². The van der Waals surface area contributed by atoms with Crippen LogP contribution in [0.5, 0.6) is 0 Å². The van der Waals surface area contributed by atoms with E-state index < -0.39 is 29.4 Å². The topological polar surface area (TPSA) is 78.9 Å². The molecule has 0 unspecified atom stereocenters. The minimum absolute atomic E-state index is 0.0218. The Morgan fingerprint density at radius 1 is 1.00 bits per heavy atom. The minimum Gasteiger partial charge on any atom is -0.468 e. The zero-order chi connectivity index (χ0) is 22.6. The third-order valence-corrected chi connectivity index (χ3v) is 6.10. The Hall–Kier alpha value is -2.70. The molecule has 1 aliphatic rings. The van der Waals surface area contributed by atoms with Crippen molar-refractivity contribution in [3.63, 3.8) is 0 Å². The van der Waals surface area contributed by atoms with Crippen LogP contribution < -0.4 is 0 Å². The van der Waals surface area contributed by atoms with Gasteiger partial charge in [-0.1, -0.05) is 41.4 Å². The number of carbonyl (C=O) groups excluding carboxylic acids is 3. The van der Waals surface area contributed by atoms with E-state index in [0.29, 0.717) is 10.6 Å². The maximum Gasteiger partial charge on any atom is 0.323 e. The van der Waals surface area contributed by atoms with Gasteiger partial charge in [0.2, 0.25) is 0 Å². The van der Waals surface area contributed by atoms with Crippen LogP contribution in [0.1, 0.15) is 40.4 Å². The summed E-state index contributed by atoms with van der Waals surface area (Å²) in [6.07, 6.45) is -0.568. The maximum atomic E-state index is 13.0. The molecule has 7 heteroatoms. The molecule has 3 rings (SSSR count). The quantitative estimate of drug-likeness (QED) is 0.375. The van der Waals surface area contributed by atoms with E-state index in [4.69, 9.17) is 25.8 Å². The van der Waals surface area contributed by atoms with E-state index >= 15 is 0 Å². The average Bonchev–Trinajstić information content (AvgIpc) is 2.79. The van der Waals surface area contributed by atoms with Gasteiger partial charge in [0.25, 0.3) is 0 Å². The fourth-order valence-electron chi connectivity index (χ4n) is 4.05. The van der Waals surface area contributed by atoms with Crippen molar-refractivity contribution >= 4 is 29.3 Å². The lowest BCUT2D eigenvalue weighted by molar-refractivity contribution is -0.189. The molecule has 0 aliphatic carbocycles. The lowest BCUT2D eigenvalue weighted by Crippen LogP contribution is -2.53. The fraction of sp³-hybridized carbons (Fsp3) is 0.375. The number of Topliss-reactive ketones (excluding diaryl/α,β-unsaturated/α-hetero) is 1. The number of ether oxygens (including phenoxy) is 3. The standard InChI is InChI=1S/C24H25ClO6/c1-15-4-6-17(7-5-15)21-13-24(22(27)29-2,23(28)30-3)18(14-31-21)12-20(26)16-8-10-19(25)11-9-16/h4-11,18,21H,12-14H2,1-3H3/t18-,21-/m0/s1. The van der Waals surface area contributed by atoms with E-state index in [1.165, 1.54) is 14.2 Å². The van der Waals surface area contributed by atoms with Crippen LogP contribution >= 0.6 is 11.6 Å². The summed E-state index contributed by atoms with van der Waals surface area (Å²) in [5.41, 5.74) is 0.705. The highest BCUT2D eigenvalue weighted by molar-refractivity contribution is 6.30. The van der Waals surface area contributed by atoms with Gasteiger partial charge in [0.05, 0.1) is 26.9 Å². The molecule has 0 N–H and O–H groups in total. The van der Waals surface area contributed by atoms with Gasteiger partial charge in [0.15, 0.2) is 11.2 Å². The van der Waals surface area contributed by atoms with Gasteiger partial charge >= 0.3 is 11.9 Å². The highest BCUT2D eigenvalue weighted by Crippen LogP contribution is 2.47. The second-order valence-electron chi connectivity index (χ2n) is 7.72. The van der Waals surface area contributed by atoms with Gasteiger partial charge in [0, 0.05) is 29.3 Å². The molecule has 1 heterocycles. The summed E-state index contributed by atoms with van der Waals surface area (Å²) in [6.45, 7) is 2.00. The van der Waals surface area contributed by atoms with Crippen LogP contribution in [-0.4, -0.2) is 38.5 Å². The molecular formula is C24H25ClO6. The molecule has 164 valence electrons. The zero-order valence-corrected chi connectivity index (χ0v) is 18.5. The van der Waals surface area contributed by atoms with E-state index in [1.807, 2.05) is 31.2 Å². The second-order valence-corrected chi connectivity index (χ2v) is 8.16. The smallest absolute Gasteiger partial charge is 0.323 e. The summed E-state index contributed by atoms with van der Waals surface area (Å²) < 4.78 is 16.1. The molecule has 1 saturated heterocycles. The number of aryl methyl sites for hydroxylation is 1. The van der Waals surface area contributed by atoms with Crippen LogP contribution in [0.4, 0.5) is 0 Å². The van der Waals surface area contributed by atoms with Crippen molar-refractivity contribution in [1.82, 2.24) is 0 Å². The number of hydrogen-bond donors (Lipinski definition) is 0. The summed E-state index contributed by atoms with van der Waals surface area (Å²) in [5.74, 6) is -2.42. The Morgan fingerprint density at radius 2 is 1.58 bits per heavy atom. The van der Waals surface area contributed by atoms with Crippen molar-refractivity contribution < 1.29 is 28.6 Å². The number of rotatable bonds is 6. The van der Waals surface area contributed by atoms with Crippen LogP contribution in [0.25, 0.3) is 0 Å². The Labute approximate surface area is 186 Å². The molecule has 0 amide bonds. The third-order valence-electron chi connectivity index (χ3n) is 5.85. The normalized spacial score (nSPS) is 20.0. The molecule has 31 heavy (non-hydrogen) atoms. The molecule has 6 nitrogen and oxygen atoms in total. The van der Waals surface area contributed by atoms with Crippen LogP contribution in [0, 0.1) is 18.3 Å². The van der Waals surface area contributed by atoms with Crippen molar-refractivity contribution in [2.75, 3.05) is 20.8 Å². The molecule has 1 aliphatic heterocycles. The summed E-state index contributed by atoms with van der Waals surface area (Å²) in [7, 11) is 2.45. The van der Waals surface area contributed by atoms with Gasteiger partial charge in [-0.15, -0.1) is 0 Å². The van der Waals surface area contributed by atoms with E-state index in [2.05, 4.69) is 0 Å². The van der Waals surface area contributed by atoms with Crippen molar-refractivity contribution in [2.45, 2.75) is 25.9 Å². The predicted octanol–water partition coefficient (Wildman–Crippen LogP) is 4.33. The largest absolute Gasteiger partial charge is 0.468 e. The zero-order valence-electron chi connectivity index (χ0n) is 17.7. The molecule has 1 fully saturated rings. The van der Waals surface area contributed by atoms with Gasteiger partial charge < -0.3 is 14.2 Å². The molecule has 0 bridgehead atoms. The summed E-state index contributed by atoms with van der Waals surface area (Å²) in [4.78, 5) is 38.9. The molecule has 2 aromatic rings. The lowest BCUT2D eigenvalue weighted by atomic mass is 9.67. The molecule has 0 spiro atoms. The fourth-order valence-corrected chi connectivity index (χ4v) is 4.17. The summed E-state index contributed by atoms with van der Waals surface area (Å²) >= 11 is 5.90. The monoisotopic (exact) mass is 444 g/mol. The Kier molecular flexibility index (Phi) is 7.13.